The summed E-state index contributed by atoms with van der Waals surface area (Å²) in [6.07, 6.45) is 2.13. The first-order valence-electron chi connectivity index (χ1n) is 9.06. The number of para-hydroxylation sites is 2. The largest absolute Gasteiger partial charge is 0.459 e. The fourth-order valence-electron chi connectivity index (χ4n) is 3.37. The quantitative estimate of drug-likeness (QED) is 0.561. The van der Waals surface area contributed by atoms with Crippen LogP contribution in [0, 0.1) is 0 Å². The van der Waals surface area contributed by atoms with Crippen molar-refractivity contribution in [3.8, 4) is 0 Å². The average molecular weight is 359 g/mol. The summed E-state index contributed by atoms with van der Waals surface area (Å²) >= 11 is 0. The number of hydrogen-bond donors (Lipinski definition) is 1. The maximum absolute atomic E-state index is 12.1. The number of rotatable bonds is 6. The van der Waals surface area contributed by atoms with Crippen LogP contribution in [0.25, 0.3) is 11.0 Å². The lowest BCUT2D eigenvalue weighted by atomic mass is 10.1. The van der Waals surface area contributed by atoms with Gasteiger partial charge in [-0.3, -0.25) is 4.79 Å². The average Bonchev–Trinajstić information content (AvgIpc) is 3.36. The predicted molar refractivity (Wildman–Crippen MR) is 105 cm³/mol. The maximum Gasteiger partial charge on any atom is 0.286 e. The van der Waals surface area contributed by atoms with Gasteiger partial charge in [-0.05, 0) is 36.8 Å². The van der Waals surface area contributed by atoms with E-state index in [9.17, 15) is 4.79 Å². The predicted octanol–water partition coefficient (Wildman–Crippen LogP) is 4.21. The normalized spacial score (nSPS) is 12.2. The number of nitrogens with one attached hydrogen (secondary N) is 1. The van der Waals surface area contributed by atoms with E-state index in [1.54, 1.807) is 12.1 Å². The van der Waals surface area contributed by atoms with E-state index in [0.29, 0.717) is 18.7 Å². The van der Waals surface area contributed by atoms with Crippen LogP contribution in [0.4, 0.5) is 0 Å². The van der Waals surface area contributed by atoms with Crippen molar-refractivity contribution in [3.63, 3.8) is 0 Å². The molecule has 0 radical (unpaired) electrons. The molecule has 0 saturated carbocycles. The van der Waals surface area contributed by atoms with Crippen molar-refractivity contribution in [1.82, 2.24) is 14.9 Å². The number of hydrogen-bond acceptors (Lipinski definition) is 3. The Morgan fingerprint density at radius 2 is 1.85 bits per heavy atom. The summed E-state index contributed by atoms with van der Waals surface area (Å²) in [5, 5.41) is 2.90. The standard InChI is InChI=1S/C22H21N3O2/c1-16(17-8-3-2-4-9-17)25-19-11-6-5-10-18(19)24-21(25)13-14-23-22(26)20-12-7-15-27-20/h2-12,15-16H,13-14H2,1H3,(H,23,26). The van der Waals surface area contributed by atoms with Gasteiger partial charge in [-0.1, -0.05) is 42.5 Å². The summed E-state index contributed by atoms with van der Waals surface area (Å²) < 4.78 is 7.39. The second-order valence-electron chi connectivity index (χ2n) is 6.46. The molecule has 136 valence electrons. The minimum atomic E-state index is -0.209. The number of amides is 1. The molecule has 27 heavy (non-hydrogen) atoms. The molecule has 5 heteroatoms. The third-order valence-corrected chi connectivity index (χ3v) is 4.72. The SMILES string of the molecule is CC(c1ccccc1)n1c(CCNC(=O)c2ccco2)nc2ccccc21. The molecule has 0 saturated heterocycles. The number of fused-ring (bicyclic) bond motifs is 1. The molecule has 2 aromatic heterocycles. The van der Waals surface area contributed by atoms with Crippen LogP contribution in [0.2, 0.25) is 0 Å². The molecule has 1 atom stereocenters. The Labute approximate surface area is 157 Å². The molecular formula is C22H21N3O2. The van der Waals surface area contributed by atoms with Crippen LogP contribution in [0.1, 0.15) is 34.9 Å². The van der Waals surface area contributed by atoms with Gasteiger partial charge < -0.3 is 14.3 Å². The van der Waals surface area contributed by atoms with Gasteiger partial charge in [-0.25, -0.2) is 4.98 Å². The lowest BCUT2D eigenvalue weighted by Crippen LogP contribution is -2.26. The van der Waals surface area contributed by atoms with Crippen molar-refractivity contribution >= 4 is 16.9 Å². The lowest BCUT2D eigenvalue weighted by Gasteiger charge is -2.18. The molecular weight excluding hydrogens is 338 g/mol. The van der Waals surface area contributed by atoms with Crippen LogP contribution in [0.5, 0.6) is 0 Å². The minimum absolute atomic E-state index is 0.148. The highest BCUT2D eigenvalue weighted by atomic mass is 16.3. The first-order chi connectivity index (χ1) is 13.2. The first-order valence-corrected chi connectivity index (χ1v) is 9.06. The summed E-state index contributed by atoms with van der Waals surface area (Å²) in [6, 6.07) is 22.0. The molecule has 1 amide bonds. The molecule has 4 rings (SSSR count). The number of carbonyl (C=O) groups excluding carboxylic acids is 1. The maximum atomic E-state index is 12.1. The van der Waals surface area contributed by atoms with Crippen molar-refractivity contribution in [3.05, 3.63) is 90.1 Å². The molecule has 0 aliphatic carbocycles. The number of carbonyl (C=O) groups is 1. The Bertz CT molecular complexity index is 1040. The summed E-state index contributed by atoms with van der Waals surface area (Å²) in [7, 11) is 0. The van der Waals surface area contributed by atoms with Gasteiger partial charge in [0.1, 0.15) is 5.82 Å². The molecule has 2 aromatic carbocycles. The Morgan fingerprint density at radius 1 is 1.07 bits per heavy atom. The lowest BCUT2D eigenvalue weighted by molar-refractivity contribution is 0.0926. The van der Waals surface area contributed by atoms with Gasteiger partial charge in [0.15, 0.2) is 5.76 Å². The van der Waals surface area contributed by atoms with Crippen LogP contribution in [0.15, 0.2) is 77.4 Å². The first kappa shape index (κ1) is 17.1. The van der Waals surface area contributed by atoms with Crippen molar-refractivity contribution in [2.45, 2.75) is 19.4 Å². The zero-order chi connectivity index (χ0) is 18.6. The third kappa shape index (κ3) is 3.49. The molecule has 0 spiro atoms. The van der Waals surface area contributed by atoms with Gasteiger partial charge in [0, 0.05) is 13.0 Å². The van der Waals surface area contributed by atoms with E-state index in [1.807, 2.05) is 36.4 Å². The van der Waals surface area contributed by atoms with E-state index in [2.05, 4.69) is 35.0 Å². The highest BCUT2D eigenvalue weighted by Crippen LogP contribution is 2.26. The monoisotopic (exact) mass is 359 g/mol. The highest BCUT2D eigenvalue weighted by Gasteiger charge is 2.17. The molecule has 0 aliphatic rings. The van der Waals surface area contributed by atoms with Gasteiger partial charge in [0.25, 0.3) is 5.91 Å². The minimum Gasteiger partial charge on any atom is -0.459 e. The van der Waals surface area contributed by atoms with Crippen LogP contribution in [0.3, 0.4) is 0 Å². The van der Waals surface area contributed by atoms with E-state index in [-0.39, 0.29) is 11.9 Å². The summed E-state index contributed by atoms with van der Waals surface area (Å²) in [5.74, 6) is 1.06. The topological polar surface area (TPSA) is 60.1 Å². The summed E-state index contributed by atoms with van der Waals surface area (Å²) in [5.41, 5.74) is 3.29. The Morgan fingerprint density at radius 3 is 2.63 bits per heavy atom. The van der Waals surface area contributed by atoms with Crippen molar-refractivity contribution < 1.29 is 9.21 Å². The van der Waals surface area contributed by atoms with Gasteiger partial charge >= 0.3 is 0 Å². The van der Waals surface area contributed by atoms with Crippen LogP contribution < -0.4 is 5.32 Å². The Kier molecular flexibility index (Phi) is 4.75. The van der Waals surface area contributed by atoms with Gasteiger partial charge in [-0.2, -0.15) is 0 Å². The van der Waals surface area contributed by atoms with Crippen LogP contribution in [-0.2, 0) is 6.42 Å². The fourth-order valence-corrected chi connectivity index (χ4v) is 3.37. The number of benzene rings is 2. The highest BCUT2D eigenvalue weighted by molar-refractivity contribution is 5.91. The zero-order valence-electron chi connectivity index (χ0n) is 15.1. The van der Waals surface area contributed by atoms with Gasteiger partial charge in [0.2, 0.25) is 0 Å². The second-order valence-corrected chi connectivity index (χ2v) is 6.46. The van der Waals surface area contributed by atoms with E-state index in [4.69, 9.17) is 9.40 Å². The number of nitrogens with zero attached hydrogens (tertiary/aromatic N) is 2. The number of aromatic nitrogens is 2. The van der Waals surface area contributed by atoms with Crippen molar-refractivity contribution in [2.75, 3.05) is 6.54 Å². The van der Waals surface area contributed by atoms with Gasteiger partial charge in [-0.15, -0.1) is 0 Å². The Hall–Kier alpha value is -3.34. The van der Waals surface area contributed by atoms with Crippen LogP contribution >= 0.6 is 0 Å². The van der Waals surface area contributed by atoms with Crippen molar-refractivity contribution in [1.29, 1.82) is 0 Å². The zero-order valence-corrected chi connectivity index (χ0v) is 15.1. The third-order valence-electron chi connectivity index (χ3n) is 4.72. The Balaban J connectivity index is 1.59. The van der Waals surface area contributed by atoms with Crippen molar-refractivity contribution in [2.24, 2.45) is 0 Å². The van der Waals surface area contributed by atoms with Crippen LogP contribution in [-0.4, -0.2) is 22.0 Å². The molecule has 1 unspecified atom stereocenters. The van der Waals surface area contributed by atoms with E-state index >= 15 is 0 Å². The molecule has 2 heterocycles. The fraction of sp³-hybridized carbons (Fsp3) is 0.182. The van der Waals surface area contributed by atoms with E-state index < -0.39 is 0 Å². The molecule has 0 aliphatic heterocycles. The number of imidazole rings is 1. The van der Waals surface area contributed by atoms with E-state index in [1.165, 1.54) is 11.8 Å². The molecule has 1 N–H and O–H groups in total. The molecule has 0 fully saturated rings. The second kappa shape index (κ2) is 7.50. The summed E-state index contributed by atoms with van der Waals surface area (Å²) in [4.78, 5) is 16.9. The van der Waals surface area contributed by atoms with Gasteiger partial charge in [0.05, 0.1) is 23.3 Å². The number of furan rings is 1. The smallest absolute Gasteiger partial charge is 0.286 e. The molecule has 4 aromatic rings. The van der Waals surface area contributed by atoms with E-state index in [0.717, 1.165) is 16.9 Å². The molecule has 0 bridgehead atoms. The summed E-state index contributed by atoms with van der Waals surface area (Å²) in [6.45, 7) is 2.67. The molecule has 5 nitrogen and oxygen atoms in total.